The average molecular weight is 418 g/mol. The molecule has 2 unspecified atom stereocenters. The Morgan fingerprint density at radius 3 is 2.57 bits per heavy atom. The van der Waals surface area contributed by atoms with E-state index in [0.717, 1.165) is 12.1 Å². The van der Waals surface area contributed by atoms with E-state index in [9.17, 15) is 14.4 Å². The van der Waals surface area contributed by atoms with Crippen molar-refractivity contribution in [1.29, 1.82) is 0 Å². The van der Waals surface area contributed by atoms with Crippen LogP contribution in [0.4, 0.5) is 4.79 Å². The number of benzene rings is 1. The fourth-order valence-corrected chi connectivity index (χ4v) is 4.26. The number of nitrogens with one attached hydrogen (secondary N) is 1. The Morgan fingerprint density at radius 1 is 1.17 bits per heavy atom. The summed E-state index contributed by atoms with van der Waals surface area (Å²) in [6.07, 6.45) is 0.588. The van der Waals surface area contributed by atoms with E-state index in [1.54, 1.807) is 4.90 Å². The molecule has 2 amide bonds. The lowest BCUT2D eigenvalue weighted by Crippen LogP contribution is -2.56. The van der Waals surface area contributed by atoms with Crippen molar-refractivity contribution in [3.05, 3.63) is 35.9 Å². The standard InChI is InChI=1S/C22H31N3O5/c1-15(2)24-11-10-19(17(13-24)21(27)29-3)25-12-9-18(20(25)26)23-22(28)30-14-16-7-5-4-6-8-16/h4-8,15,17-19H,9-14H2,1-3H3,(H,23,28)/t17?,18-,19?/m0/s1. The minimum Gasteiger partial charge on any atom is -0.469 e. The van der Waals surface area contributed by atoms with E-state index in [1.165, 1.54) is 7.11 Å². The first-order chi connectivity index (χ1) is 14.4. The maximum Gasteiger partial charge on any atom is 0.408 e. The molecule has 2 aliphatic rings. The van der Waals surface area contributed by atoms with Gasteiger partial charge in [0.05, 0.1) is 13.0 Å². The molecule has 2 heterocycles. The zero-order valence-electron chi connectivity index (χ0n) is 17.9. The minimum atomic E-state index is -0.630. The van der Waals surface area contributed by atoms with Crippen molar-refractivity contribution >= 4 is 18.0 Å². The first-order valence-corrected chi connectivity index (χ1v) is 10.5. The topological polar surface area (TPSA) is 88.2 Å². The van der Waals surface area contributed by atoms with E-state index in [0.29, 0.717) is 32.0 Å². The number of nitrogens with zero attached hydrogens (tertiary/aromatic N) is 2. The maximum atomic E-state index is 13.0. The van der Waals surface area contributed by atoms with Crippen LogP contribution in [-0.4, -0.2) is 72.6 Å². The highest BCUT2D eigenvalue weighted by Crippen LogP contribution is 2.28. The van der Waals surface area contributed by atoms with Crippen LogP contribution in [0.5, 0.6) is 0 Å². The van der Waals surface area contributed by atoms with Gasteiger partial charge >= 0.3 is 12.1 Å². The molecule has 8 nitrogen and oxygen atoms in total. The summed E-state index contributed by atoms with van der Waals surface area (Å²) in [6, 6.07) is 8.85. The minimum absolute atomic E-state index is 0.148. The van der Waals surface area contributed by atoms with Crippen LogP contribution in [0.3, 0.4) is 0 Å². The van der Waals surface area contributed by atoms with Gasteiger partial charge in [-0.3, -0.25) is 14.5 Å². The Bertz CT molecular complexity index is 754. The Balaban J connectivity index is 1.58. The molecule has 30 heavy (non-hydrogen) atoms. The fraction of sp³-hybridized carbons (Fsp3) is 0.591. The fourth-order valence-electron chi connectivity index (χ4n) is 4.26. The number of likely N-dealkylation sites (tertiary alicyclic amines) is 2. The van der Waals surface area contributed by atoms with Gasteiger partial charge in [0.2, 0.25) is 5.91 Å². The molecule has 0 spiro atoms. The summed E-state index contributed by atoms with van der Waals surface area (Å²) in [6.45, 7) is 6.22. The van der Waals surface area contributed by atoms with Crippen LogP contribution in [0.2, 0.25) is 0 Å². The second-order valence-corrected chi connectivity index (χ2v) is 8.15. The van der Waals surface area contributed by atoms with Crippen molar-refractivity contribution < 1.29 is 23.9 Å². The van der Waals surface area contributed by atoms with E-state index < -0.39 is 12.1 Å². The molecule has 2 saturated heterocycles. The Hall–Kier alpha value is -2.61. The van der Waals surface area contributed by atoms with E-state index in [-0.39, 0.29) is 30.4 Å². The van der Waals surface area contributed by atoms with E-state index in [4.69, 9.17) is 9.47 Å². The Kier molecular flexibility index (Phi) is 7.31. The zero-order valence-corrected chi connectivity index (χ0v) is 17.9. The maximum absolute atomic E-state index is 13.0. The molecule has 0 aliphatic carbocycles. The number of ether oxygens (including phenoxy) is 2. The van der Waals surface area contributed by atoms with Gasteiger partial charge in [0.25, 0.3) is 0 Å². The molecule has 3 rings (SSSR count). The summed E-state index contributed by atoms with van der Waals surface area (Å²) in [7, 11) is 1.38. The predicted molar refractivity (Wildman–Crippen MR) is 111 cm³/mol. The highest BCUT2D eigenvalue weighted by atomic mass is 16.5. The third-order valence-corrected chi connectivity index (χ3v) is 5.99. The van der Waals surface area contributed by atoms with Crippen molar-refractivity contribution in [3.8, 4) is 0 Å². The van der Waals surface area contributed by atoms with Crippen molar-refractivity contribution in [3.63, 3.8) is 0 Å². The quantitative estimate of drug-likeness (QED) is 0.710. The first-order valence-electron chi connectivity index (χ1n) is 10.5. The van der Waals surface area contributed by atoms with Crippen molar-refractivity contribution in [2.45, 2.75) is 51.4 Å². The highest BCUT2D eigenvalue weighted by Gasteiger charge is 2.45. The number of esters is 1. The first kappa shape index (κ1) is 22.1. The number of alkyl carbamates (subject to hydrolysis) is 1. The van der Waals surface area contributed by atoms with Crippen LogP contribution in [0.25, 0.3) is 0 Å². The average Bonchev–Trinajstić information content (AvgIpc) is 3.11. The molecule has 164 valence electrons. The van der Waals surface area contributed by atoms with Crippen molar-refractivity contribution in [2.75, 3.05) is 26.7 Å². The molecule has 2 aliphatic heterocycles. The molecule has 0 bridgehead atoms. The summed E-state index contributed by atoms with van der Waals surface area (Å²) < 4.78 is 10.2. The second kappa shape index (κ2) is 9.93. The number of amides is 2. The predicted octanol–water partition coefficient (Wildman–Crippen LogP) is 1.79. The molecule has 2 fully saturated rings. The zero-order chi connectivity index (χ0) is 21.7. The van der Waals surface area contributed by atoms with Crippen LogP contribution >= 0.6 is 0 Å². The third kappa shape index (κ3) is 5.11. The number of methoxy groups -OCH3 is 1. The molecule has 0 saturated carbocycles. The van der Waals surface area contributed by atoms with Crippen LogP contribution in [0.15, 0.2) is 30.3 Å². The molecule has 1 N–H and O–H groups in total. The van der Waals surface area contributed by atoms with Crippen LogP contribution in [-0.2, 0) is 25.7 Å². The van der Waals surface area contributed by atoms with E-state index in [2.05, 4.69) is 24.1 Å². The lowest BCUT2D eigenvalue weighted by molar-refractivity contribution is -0.152. The molecule has 8 heteroatoms. The van der Waals surface area contributed by atoms with Crippen molar-refractivity contribution in [2.24, 2.45) is 5.92 Å². The lowest BCUT2D eigenvalue weighted by Gasteiger charge is -2.42. The molecule has 0 radical (unpaired) electrons. The molecular formula is C22H31N3O5. The van der Waals surface area contributed by atoms with Gasteiger partial charge in [-0.2, -0.15) is 0 Å². The summed E-state index contributed by atoms with van der Waals surface area (Å²) >= 11 is 0. The van der Waals surface area contributed by atoms with E-state index >= 15 is 0 Å². The number of rotatable bonds is 6. The number of hydrogen-bond donors (Lipinski definition) is 1. The molecule has 1 aromatic rings. The summed E-state index contributed by atoms with van der Waals surface area (Å²) in [4.78, 5) is 41.5. The van der Waals surface area contributed by atoms with Crippen LogP contribution < -0.4 is 5.32 Å². The largest absolute Gasteiger partial charge is 0.469 e. The van der Waals surface area contributed by atoms with Gasteiger partial charge in [-0.15, -0.1) is 0 Å². The number of carbonyl (C=O) groups is 3. The Labute approximate surface area is 177 Å². The summed E-state index contributed by atoms with van der Waals surface area (Å²) in [5, 5.41) is 2.67. The highest BCUT2D eigenvalue weighted by molar-refractivity contribution is 5.88. The molecule has 3 atom stereocenters. The number of piperidine rings is 1. The molecular weight excluding hydrogens is 386 g/mol. The normalized spacial score (nSPS) is 24.7. The Morgan fingerprint density at radius 2 is 1.90 bits per heavy atom. The number of hydrogen-bond acceptors (Lipinski definition) is 6. The number of carbonyl (C=O) groups excluding carboxylic acids is 3. The second-order valence-electron chi connectivity index (χ2n) is 8.15. The van der Waals surface area contributed by atoms with Crippen molar-refractivity contribution in [1.82, 2.24) is 15.1 Å². The van der Waals surface area contributed by atoms with Gasteiger partial charge in [-0.05, 0) is 32.3 Å². The molecule has 0 aromatic heterocycles. The van der Waals surface area contributed by atoms with Gasteiger partial charge in [-0.1, -0.05) is 30.3 Å². The van der Waals surface area contributed by atoms with E-state index in [1.807, 2.05) is 30.3 Å². The van der Waals surface area contributed by atoms with Gasteiger partial charge in [-0.25, -0.2) is 4.79 Å². The SMILES string of the molecule is COC(=O)C1CN(C(C)C)CCC1N1CC[C@H](NC(=O)OCc2ccccc2)C1=O. The van der Waals surface area contributed by atoms with Gasteiger partial charge < -0.3 is 19.7 Å². The van der Waals surface area contributed by atoms with Gasteiger partial charge in [0, 0.05) is 31.7 Å². The summed E-state index contributed by atoms with van der Waals surface area (Å²) in [5.74, 6) is -0.848. The van der Waals surface area contributed by atoms with Gasteiger partial charge in [0.15, 0.2) is 0 Å². The lowest BCUT2D eigenvalue weighted by atomic mass is 9.90. The molecule has 1 aromatic carbocycles. The van der Waals surface area contributed by atoms with Crippen LogP contribution in [0.1, 0.15) is 32.3 Å². The smallest absolute Gasteiger partial charge is 0.408 e. The van der Waals surface area contributed by atoms with Gasteiger partial charge in [0.1, 0.15) is 12.6 Å². The van der Waals surface area contributed by atoms with Crippen LogP contribution in [0, 0.1) is 5.92 Å². The monoisotopic (exact) mass is 417 g/mol. The third-order valence-electron chi connectivity index (χ3n) is 5.99. The summed E-state index contributed by atoms with van der Waals surface area (Å²) in [5.41, 5.74) is 0.879.